The minimum absolute atomic E-state index is 0.190. The van der Waals surface area contributed by atoms with E-state index in [1.165, 1.54) is 18.2 Å². The molecule has 0 saturated heterocycles. The Labute approximate surface area is 75.3 Å². The van der Waals surface area contributed by atoms with E-state index in [-0.39, 0.29) is 11.3 Å². The van der Waals surface area contributed by atoms with Gasteiger partial charge in [0.2, 0.25) is 0 Å². The van der Waals surface area contributed by atoms with Crippen LogP contribution in [0.2, 0.25) is 0 Å². The fourth-order valence-electron chi connectivity index (χ4n) is 1.02. The van der Waals surface area contributed by atoms with Gasteiger partial charge < -0.3 is 10.5 Å². The van der Waals surface area contributed by atoms with Crippen molar-refractivity contribution in [3.63, 3.8) is 0 Å². The quantitative estimate of drug-likeness (QED) is 0.768. The maximum Gasteiger partial charge on any atom is 0.255 e. The second kappa shape index (κ2) is 3.89. The highest BCUT2D eigenvalue weighted by Crippen LogP contribution is 2.20. The summed E-state index contributed by atoms with van der Waals surface area (Å²) in [6.07, 6.45) is 0. The zero-order valence-corrected chi connectivity index (χ0v) is 7.21. The van der Waals surface area contributed by atoms with Gasteiger partial charge in [0.1, 0.15) is 17.1 Å². The van der Waals surface area contributed by atoms with Crippen molar-refractivity contribution < 1.29 is 13.9 Å². The van der Waals surface area contributed by atoms with E-state index in [1.54, 1.807) is 6.92 Å². The van der Waals surface area contributed by atoms with E-state index in [0.717, 1.165) is 0 Å². The summed E-state index contributed by atoms with van der Waals surface area (Å²) in [4.78, 5) is 10.8. The maximum absolute atomic E-state index is 13.0. The summed E-state index contributed by atoms with van der Waals surface area (Å²) >= 11 is 0. The van der Waals surface area contributed by atoms with Crippen LogP contribution in [-0.4, -0.2) is 12.5 Å². The molecular weight excluding hydrogens is 173 g/mol. The van der Waals surface area contributed by atoms with Gasteiger partial charge in [-0.05, 0) is 19.1 Å². The average molecular weight is 183 g/mol. The van der Waals surface area contributed by atoms with Crippen molar-refractivity contribution in [2.24, 2.45) is 5.73 Å². The maximum atomic E-state index is 13.0. The molecule has 0 spiro atoms. The van der Waals surface area contributed by atoms with E-state index >= 15 is 0 Å². The van der Waals surface area contributed by atoms with Crippen LogP contribution in [0.25, 0.3) is 0 Å². The SMILES string of the molecule is CCOc1cccc(F)c1C(N)=O. The Morgan fingerprint density at radius 1 is 1.62 bits per heavy atom. The lowest BCUT2D eigenvalue weighted by Crippen LogP contribution is -2.15. The van der Waals surface area contributed by atoms with Crippen LogP contribution >= 0.6 is 0 Å². The molecule has 0 aromatic heterocycles. The largest absolute Gasteiger partial charge is 0.493 e. The van der Waals surface area contributed by atoms with Gasteiger partial charge in [-0.25, -0.2) is 4.39 Å². The number of carbonyl (C=O) groups is 1. The van der Waals surface area contributed by atoms with Crippen molar-refractivity contribution in [3.05, 3.63) is 29.6 Å². The minimum atomic E-state index is -0.818. The van der Waals surface area contributed by atoms with Crippen molar-refractivity contribution in [1.29, 1.82) is 0 Å². The zero-order valence-electron chi connectivity index (χ0n) is 7.21. The van der Waals surface area contributed by atoms with Gasteiger partial charge in [-0.3, -0.25) is 4.79 Å². The normalized spacial score (nSPS) is 9.69. The van der Waals surface area contributed by atoms with E-state index in [9.17, 15) is 9.18 Å². The summed E-state index contributed by atoms with van der Waals surface area (Å²) in [6, 6.07) is 4.14. The molecule has 0 saturated carbocycles. The van der Waals surface area contributed by atoms with Crippen LogP contribution in [0.15, 0.2) is 18.2 Å². The molecule has 1 rings (SSSR count). The Hall–Kier alpha value is -1.58. The van der Waals surface area contributed by atoms with Crippen LogP contribution in [0.4, 0.5) is 4.39 Å². The number of hydrogen-bond acceptors (Lipinski definition) is 2. The number of carbonyl (C=O) groups excluding carboxylic acids is 1. The standard InChI is InChI=1S/C9H10FNO2/c1-2-13-7-5-3-4-6(10)8(7)9(11)12/h3-5H,2H2,1H3,(H2,11,12). The molecule has 3 nitrogen and oxygen atoms in total. The van der Waals surface area contributed by atoms with Crippen LogP contribution in [0.1, 0.15) is 17.3 Å². The number of hydrogen-bond donors (Lipinski definition) is 1. The Kier molecular flexibility index (Phi) is 2.84. The van der Waals surface area contributed by atoms with E-state index in [2.05, 4.69) is 0 Å². The topological polar surface area (TPSA) is 52.3 Å². The lowest BCUT2D eigenvalue weighted by molar-refractivity contribution is 0.0992. The Morgan fingerprint density at radius 3 is 2.85 bits per heavy atom. The zero-order chi connectivity index (χ0) is 9.84. The van der Waals surface area contributed by atoms with Crippen molar-refractivity contribution in [1.82, 2.24) is 0 Å². The molecule has 1 aromatic carbocycles. The first-order chi connectivity index (χ1) is 6.16. The number of amides is 1. The lowest BCUT2D eigenvalue weighted by atomic mass is 10.2. The Morgan fingerprint density at radius 2 is 2.31 bits per heavy atom. The molecule has 0 radical (unpaired) electrons. The van der Waals surface area contributed by atoms with Crippen LogP contribution in [0, 0.1) is 5.82 Å². The van der Waals surface area contributed by atoms with Gasteiger partial charge in [0.15, 0.2) is 0 Å². The summed E-state index contributed by atoms with van der Waals surface area (Å²) in [6.45, 7) is 2.11. The molecular formula is C9H10FNO2. The van der Waals surface area contributed by atoms with Gasteiger partial charge in [0.05, 0.1) is 6.61 Å². The van der Waals surface area contributed by atoms with Gasteiger partial charge in [-0.1, -0.05) is 6.07 Å². The Balaban J connectivity index is 3.17. The van der Waals surface area contributed by atoms with Crippen LogP contribution in [-0.2, 0) is 0 Å². The summed E-state index contributed by atoms with van der Waals surface area (Å²) in [5.41, 5.74) is 4.80. The molecule has 0 heterocycles. The molecule has 1 aromatic rings. The minimum Gasteiger partial charge on any atom is -0.493 e. The van der Waals surface area contributed by atoms with Crippen LogP contribution in [0.5, 0.6) is 5.75 Å². The average Bonchev–Trinajstić information content (AvgIpc) is 2.04. The fourth-order valence-corrected chi connectivity index (χ4v) is 1.02. The molecule has 13 heavy (non-hydrogen) atoms. The molecule has 0 aliphatic heterocycles. The van der Waals surface area contributed by atoms with E-state index < -0.39 is 11.7 Å². The summed E-state index contributed by atoms with van der Waals surface area (Å²) < 4.78 is 18.1. The Bertz CT molecular complexity index is 325. The predicted octanol–water partition coefficient (Wildman–Crippen LogP) is 1.32. The third kappa shape index (κ3) is 1.96. The second-order valence-electron chi connectivity index (χ2n) is 2.41. The highest BCUT2D eigenvalue weighted by molar-refractivity contribution is 5.95. The molecule has 0 unspecified atom stereocenters. The van der Waals surface area contributed by atoms with E-state index in [4.69, 9.17) is 10.5 Å². The molecule has 0 atom stereocenters. The molecule has 0 bridgehead atoms. The van der Waals surface area contributed by atoms with Crippen molar-refractivity contribution >= 4 is 5.91 Å². The molecule has 0 aliphatic carbocycles. The number of benzene rings is 1. The van der Waals surface area contributed by atoms with Crippen LogP contribution < -0.4 is 10.5 Å². The molecule has 2 N–H and O–H groups in total. The van der Waals surface area contributed by atoms with Crippen LogP contribution in [0.3, 0.4) is 0 Å². The smallest absolute Gasteiger partial charge is 0.255 e. The third-order valence-corrected chi connectivity index (χ3v) is 1.52. The summed E-state index contributed by atoms with van der Waals surface area (Å²) in [7, 11) is 0. The lowest BCUT2D eigenvalue weighted by Gasteiger charge is -2.07. The summed E-state index contributed by atoms with van der Waals surface area (Å²) in [5.74, 6) is -1.28. The number of nitrogens with two attached hydrogens (primary N) is 1. The van der Waals surface area contributed by atoms with Gasteiger partial charge in [-0.2, -0.15) is 0 Å². The summed E-state index contributed by atoms with van der Waals surface area (Å²) in [5, 5.41) is 0. The molecule has 0 aliphatic rings. The van der Waals surface area contributed by atoms with E-state index in [0.29, 0.717) is 6.61 Å². The highest BCUT2D eigenvalue weighted by atomic mass is 19.1. The number of rotatable bonds is 3. The first kappa shape index (κ1) is 9.51. The monoisotopic (exact) mass is 183 g/mol. The van der Waals surface area contributed by atoms with Crippen molar-refractivity contribution in [2.75, 3.05) is 6.61 Å². The molecule has 0 fully saturated rings. The second-order valence-corrected chi connectivity index (χ2v) is 2.41. The number of primary amides is 1. The highest BCUT2D eigenvalue weighted by Gasteiger charge is 2.14. The van der Waals surface area contributed by atoms with Gasteiger partial charge in [-0.15, -0.1) is 0 Å². The molecule has 70 valence electrons. The van der Waals surface area contributed by atoms with Gasteiger partial charge in [0.25, 0.3) is 5.91 Å². The van der Waals surface area contributed by atoms with E-state index in [1.807, 2.05) is 0 Å². The number of halogens is 1. The fraction of sp³-hybridized carbons (Fsp3) is 0.222. The van der Waals surface area contributed by atoms with Crippen molar-refractivity contribution in [2.45, 2.75) is 6.92 Å². The van der Waals surface area contributed by atoms with Gasteiger partial charge >= 0.3 is 0 Å². The number of ether oxygens (including phenoxy) is 1. The molecule has 4 heteroatoms. The third-order valence-electron chi connectivity index (χ3n) is 1.52. The first-order valence-corrected chi connectivity index (χ1v) is 3.88. The predicted molar refractivity (Wildman–Crippen MR) is 46.1 cm³/mol. The van der Waals surface area contributed by atoms with Crippen molar-refractivity contribution in [3.8, 4) is 5.75 Å². The molecule has 1 amide bonds. The van der Waals surface area contributed by atoms with Gasteiger partial charge in [0, 0.05) is 0 Å². The first-order valence-electron chi connectivity index (χ1n) is 3.88.